The van der Waals surface area contributed by atoms with Crippen molar-refractivity contribution in [1.29, 1.82) is 0 Å². The molecule has 0 atom stereocenters. The minimum absolute atomic E-state index is 0.0849. The molecule has 0 fully saturated rings. The van der Waals surface area contributed by atoms with Crippen LogP contribution in [0.15, 0.2) is 11.4 Å². The van der Waals surface area contributed by atoms with Gasteiger partial charge >= 0.3 is 0 Å². The molecule has 1 aromatic rings. The van der Waals surface area contributed by atoms with Gasteiger partial charge in [0.2, 0.25) is 0 Å². The Morgan fingerprint density at radius 3 is 3.07 bits per heavy atom. The maximum absolute atomic E-state index is 11.7. The van der Waals surface area contributed by atoms with E-state index in [0.717, 1.165) is 34.3 Å². The third kappa shape index (κ3) is 3.24. The smallest absolute Gasteiger partial charge is 0.261 e. The maximum Gasteiger partial charge on any atom is 0.261 e. The lowest BCUT2D eigenvalue weighted by molar-refractivity contribution is 0.0957. The van der Waals surface area contributed by atoms with Crippen LogP contribution in [0.1, 0.15) is 28.6 Å². The number of alkyl halides is 1. The monoisotopic (exact) mass is 323 g/mol. The third-order valence-corrected chi connectivity index (χ3v) is 3.65. The van der Waals surface area contributed by atoms with Crippen LogP contribution in [0.3, 0.4) is 0 Å². The quantitative estimate of drug-likeness (QED) is 0.504. The first-order valence-electron chi connectivity index (χ1n) is 4.70. The van der Waals surface area contributed by atoms with E-state index < -0.39 is 0 Å². The molecule has 4 heteroatoms. The fourth-order valence-corrected chi connectivity index (χ4v) is 2.46. The molecule has 0 saturated heterocycles. The minimum Gasteiger partial charge on any atom is -0.351 e. The Balaban J connectivity index is 2.51. The van der Waals surface area contributed by atoms with E-state index in [0.29, 0.717) is 0 Å². The molecule has 0 aromatic carbocycles. The zero-order valence-electron chi connectivity index (χ0n) is 8.18. The van der Waals surface area contributed by atoms with Crippen molar-refractivity contribution in [2.45, 2.75) is 19.8 Å². The molecule has 1 aromatic heterocycles. The Bertz CT molecular complexity index is 298. The van der Waals surface area contributed by atoms with E-state index in [9.17, 15) is 4.79 Å². The molecule has 0 radical (unpaired) electrons. The largest absolute Gasteiger partial charge is 0.351 e. The Labute approximate surface area is 102 Å². The first-order valence-corrected chi connectivity index (χ1v) is 7.10. The zero-order valence-corrected chi connectivity index (χ0v) is 11.2. The molecule has 1 rings (SSSR count). The molecular formula is C10H14INOS. The molecule has 1 heterocycles. The average Bonchev–Trinajstić information content (AvgIpc) is 2.65. The normalized spacial score (nSPS) is 10.1. The van der Waals surface area contributed by atoms with Gasteiger partial charge in [0.15, 0.2) is 0 Å². The summed E-state index contributed by atoms with van der Waals surface area (Å²) in [6, 6.07) is 2.03. The Kier molecular flexibility index (Phi) is 5.47. The van der Waals surface area contributed by atoms with Crippen molar-refractivity contribution < 1.29 is 4.79 Å². The molecule has 0 aliphatic heterocycles. The van der Waals surface area contributed by atoms with Crippen LogP contribution < -0.4 is 5.32 Å². The van der Waals surface area contributed by atoms with Gasteiger partial charge in [-0.3, -0.25) is 4.79 Å². The summed E-state index contributed by atoms with van der Waals surface area (Å²) in [6.07, 6.45) is 1.97. The molecule has 1 N–H and O–H groups in total. The second kappa shape index (κ2) is 6.40. The van der Waals surface area contributed by atoms with Crippen molar-refractivity contribution in [2.24, 2.45) is 0 Å². The van der Waals surface area contributed by atoms with Crippen molar-refractivity contribution >= 4 is 39.8 Å². The highest BCUT2D eigenvalue weighted by molar-refractivity contribution is 14.1. The number of thiophene rings is 1. The lowest BCUT2D eigenvalue weighted by atomic mass is 10.2. The minimum atomic E-state index is 0.0849. The van der Waals surface area contributed by atoms with Crippen LogP contribution in [0.4, 0.5) is 0 Å². The van der Waals surface area contributed by atoms with Gasteiger partial charge in [-0.2, -0.15) is 0 Å². The molecule has 0 aliphatic carbocycles. The van der Waals surface area contributed by atoms with E-state index >= 15 is 0 Å². The number of aryl methyl sites for hydroxylation is 1. The number of halogens is 1. The molecule has 0 unspecified atom stereocenters. The average molecular weight is 323 g/mol. The van der Waals surface area contributed by atoms with Crippen molar-refractivity contribution in [1.82, 2.24) is 5.32 Å². The van der Waals surface area contributed by atoms with Gasteiger partial charge in [-0.1, -0.05) is 29.5 Å². The van der Waals surface area contributed by atoms with E-state index in [1.165, 1.54) is 11.3 Å². The van der Waals surface area contributed by atoms with Crippen molar-refractivity contribution in [3.05, 3.63) is 21.9 Å². The van der Waals surface area contributed by atoms with Gasteiger partial charge in [0.25, 0.3) is 5.91 Å². The van der Waals surface area contributed by atoms with Gasteiger partial charge in [-0.25, -0.2) is 0 Å². The summed E-state index contributed by atoms with van der Waals surface area (Å²) in [7, 11) is 0. The van der Waals surface area contributed by atoms with Crippen LogP contribution in [0.25, 0.3) is 0 Å². The van der Waals surface area contributed by atoms with Gasteiger partial charge in [-0.15, -0.1) is 11.3 Å². The fraction of sp³-hybridized carbons (Fsp3) is 0.500. The molecule has 0 aliphatic rings. The summed E-state index contributed by atoms with van der Waals surface area (Å²) in [4.78, 5) is 12.5. The van der Waals surface area contributed by atoms with Crippen molar-refractivity contribution in [2.75, 3.05) is 11.0 Å². The summed E-state index contributed by atoms with van der Waals surface area (Å²) in [5, 5.41) is 4.91. The van der Waals surface area contributed by atoms with Gasteiger partial charge in [0, 0.05) is 11.0 Å². The van der Waals surface area contributed by atoms with E-state index in [1.54, 1.807) is 0 Å². The Hall–Kier alpha value is -0.100. The van der Waals surface area contributed by atoms with Crippen LogP contribution >= 0.6 is 33.9 Å². The first kappa shape index (κ1) is 12.0. The number of amides is 1. The zero-order chi connectivity index (χ0) is 10.4. The van der Waals surface area contributed by atoms with E-state index in [2.05, 4.69) is 34.8 Å². The SMILES string of the molecule is CCc1ccsc1C(=O)NCCCI. The van der Waals surface area contributed by atoms with Crippen molar-refractivity contribution in [3.63, 3.8) is 0 Å². The summed E-state index contributed by atoms with van der Waals surface area (Å²) < 4.78 is 1.09. The predicted octanol–water partition coefficient (Wildman–Crippen LogP) is 2.87. The second-order valence-electron chi connectivity index (χ2n) is 2.93. The van der Waals surface area contributed by atoms with E-state index in [-0.39, 0.29) is 5.91 Å². The summed E-state index contributed by atoms with van der Waals surface area (Å²) in [5.74, 6) is 0.0849. The van der Waals surface area contributed by atoms with E-state index in [1.807, 2.05) is 11.4 Å². The molecule has 2 nitrogen and oxygen atoms in total. The lowest BCUT2D eigenvalue weighted by Crippen LogP contribution is -2.24. The fourth-order valence-electron chi connectivity index (χ4n) is 1.16. The topological polar surface area (TPSA) is 29.1 Å². The van der Waals surface area contributed by atoms with Gasteiger partial charge in [0.1, 0.15) is 0 Å². The highest BCUT2D eigenvalue weighted by Gasteiger charge is 2.10. The highest BCUT2D eigenvalue weighted by Crippen LogP contribution is 2.16. The molecule has 14 heavy (non-hydrogen) atoms. The van der Waals surface area contributed by atoms with Gasteiger partial charge < -0.3 is 5.32 Å². The number of rotatable bonds is 5. The number of carbonyl (C=O) groups is 1. The second-order valence-corrected chi connectivity index (χ2v) is 4.92. The molecule has 0 bridgehead atoms. The first-order chi connectivity index (χ1) is 6.79. The number of nitrogens with one attached hydrogen (secondary N) is 1. The number of carbonyl (C=O) groups excluding carboxylic acids is 1. The van der Waals surface area contributed by atoms with Gasteiger partial charge in [-0.05, 0) is 29.9 Å². The standard InChI is InChI=1S/C10H14INOS/c1-2-8-4-7-14-9(8)10(13)12-6-3-5-11/h4,7H,2-3,5-6H2,1H3,(H,12,13). The Morgan fingerprint density at radius 1 is 1.64 bits per heavy atom. The van der Waals surface area contributed by atoms with Crippen LogP contribution in [-0.4, -0.2) is 16.9 Å². The summed E-state index contributed by atoms with van der Waals surface area (Å²) in [6.45, 7) is 2.85. The van der Waals surface area contributed by atoms with Crippen LogP contribution in [0.2, 0.25) is 0 Å². The van der Waals surface area contributed by atoms with E-state index in [4.69, 9.17) is 0 Å². The summed E-state index contributed by atoms with van der Waals surface area (Å²) >= 11 is 3.84. The number of hydrogen-bond acceptors (Lipinski definition) is 2. The molecule has 0 saturated carbocycles. The summed E-state index contributed by atoms with van der Waals surface area (Å²) in [5.41, 5.74) is 1.15. The number of hydrogen-bond donors (Lipinski definition) is 1. The maximum atomic E-state index is 11.7. The third-order valence-electron chi connectivity index (χ3n) is 1.93. The molecular weight excluding hydrogens is 309 g/mol. The van der Waals surface area contributed by atoms with Crippen molar-refractivity contribution in [3.8, 4) is 0 Å². The van der Waals surface area contributed by atoms with Crippen LogP contribution in [0, 0.1) is 0 Å². The van der Waals surface area contributed by atoms with Gasteiger partial charge in [0.05, 0.1) is 4.88 Å². The molecule has 1 amide bonds. The molecule has 78 valence electrons. The highest BCUT2D eigenvalue weighted by atomic mass is 127. The van der Waals surface area contributed by atoms with Crippen LogP contribution in [-0.2, 0) is 6.42 Å². The van der Waals surface area contributed by atoms with Crippen LogP contribution in [0.5, 0.6) is 0 Å². The molecule has 0 spiro atoms. The Morgan fingerprint density at radius 2 is 2.43 bits per heavy atom. The predicted molar refractivity (Wildman–Crippen MR) is 69.5 cm³/mol. The lowest BCUT2D eigenvalue weighted by Gasteiger charge is -2.03.